The summed E-state index contributed by atoms with van der Waals surface area (Å²) in [6, 6.07) is 10.5. The molecule has 31 heavy (non-hydrogen) atoms. The summed E-state index contributed by atoms with van der Waals surface area (Å²) in [6.07, 6.45) is 23.9. The Morgan fingerprint density at radius 1 is 0.742 bits per heavy atom. The number of nitriles is 1. The molecular formula is C29H42FN. The molecule has 0 aromatic heterocycles. The molecule has 2 aliphatic carbocycles. The lowest BCUT2D eigenvalue weighted by molar-refractivity contribution is 0.222. The van der Waals surface area contributed by atoms with Gasteiger partial charge in [0.15, 0.2) is 0 Å². The van der Waals surface area contributed by atoms with Gasteiger partial charge in [0.05, 0.1) is 18.0 Å². The van der Waals surface area contributed by atoms with Crippen LogP contribution >= 0.6 is 0 Å². The molecule has 0 heterocycles. The van der Waals surface area contributed by atoms with E-state index in [0.717, 1.165) is 36.2 Å². The average molecular weight is 424 g/mol. The smallest absolute Gasteiger partial charge is 0.0991 e. The molecule has 3 rings (SSSR count). The van der Waals surface area contributed by atoms with Crippen molar-refractivity contribution in [2.24, 2.45) is 17.8 Å². The molecule has 2 saturated carbocycles. The van der Waals surface area contributed by atoms with Crippen molar-refractivity contribution in [1.82, 2.24) is 0 Å². The van der Waals surface area contributed by atoms with Crippen LogP contribution in [0.15, 0.2) is 36.7 Å². The zero-order valence-corrected chi connectivity index (χ0v) is 19.4. The van der Waals surface area contributed by atoms with E-state index < -0.39 is 0 Å². The molecule has 0 atom stereocenters. The summed E-state index contributed by atoms with van der Waals surface area (Å²) in [5.74, 6) is 3.61. The molecule has 0 saturated heterocycles. The van der Waals surface area contributed by atoms with Crippen LogP contribution in [0.25, 0.3) is 0 Å². The molecule has 0 N–H and O–H groups in total. The summed E-state index contributed by atoms with van der Waals surface area (Å²) < 4.78 is 11.9. The van der Waals surface area contributed by atoms with Crippen LogP contribution in [0.2, 0.25) is 0 Å². The summed E-state index contributed by atoms with van der Waals surface area (Å²) in [4.78, 5) is 0. The lowest BCUT2D eigenvalue weighted by Gasteiger charge is -2.32. The van der Waals surface area contributed by atoms with Gasteiger partial charge < -0.3 is 0 Å². The second kappa shape index (κ2) is 13.7. The quantitative estimate of drug-likeness (QED) is 0.325. The molecule has 2 aliphatic rings. The summed E-state index contributed by atoms with van der Waals surface area (Å²) in [5, 5.41) is 8.97. The van der Waals surface area contributed by atoms with E-state index in [-0.39, 0.29) is 0 Å². The van der Waals surface area contributed by atoms with Crippen molar-refractivity contribution in [2.75, 3.05) is 0 Å². The third-order valence-corrected chi connectivity index (χ3v) is 8.13. The summed E-state index contributed by atoms with van der Waals surface area (Å²) in [7, 11) is 0. The Morgan fingerprint density at radius 3 is 1.87 bits per heavy atom. The van der Waals surface area contributed by atoms with Crippen molar-refractivity contribution < 1.29 is 4.39 Å². The van der Waals surface area contributed by atoms with Crippen molar-refractivity contribution in [3.05, 3.63) is 47.8 Å². The minimum atomic E-state index is 0.681. The lowest BCUT2D eigenvalue weighted by Crippen LogP contribution is -2.17. The van der Waals surface area contributed by atoms with Crippen LogP contribution in [0, 0.1) is 29.1 Å². The zero-order valence-electron chi connectivity index (χ0n) is 19.4. The molecule has 2 heteroatoms. The molecule has 170 valence electrons. The topological polar surface area (TPSA) is 23.8 Å². The van der Waals surface area contributed by atoms with Gasteiger partial charge in [-0.2, -0.15) is 5.26 Å². The highest BCUT2D eigenvalue weighted by Gasteiger charge is 2.25. The third-order valence-electron chi connectivity index (χ3n) is 8.13. The molecule has 0 aliphatic heterocycles. The van der Waals surface area contributed by atoms with Crippen molar-refractivity contribution in [1.29, 1.82) is 5.26 Å². The molecule has 0 radical (unpaired) electrons. The standard InChI is InChI=1S/C29H42FN/c30-22-6-4-2-1-3-5-7-24-8-10-25(11-9-24)12-13-26-14-18-28(19-15-26)29-20-16-27(23-31)17-21-29/h6,16-17,20-22,24-26,28H,1-5,7-15,18-19H2. The van der Waals surface area contributed by atoms with Gasteiger partial charge in [0.2, 0.25) is 0 Å². The molecular weight excluding hydrogens is 381 g/mol. The Morgan fingerprint density at radius 2 is 1.29 bits per heavy atom. The van der Waals surface area contributed by atoms with Gasteiger partial charge in [-0.1, -0.05) is 82.4 Å². The maximum absolute atomic E-state index is 11.9. The third kappa shape index (κ3) is 8.44. The minimum absolute atomic E-state index is 0.681. The maximum Gasteiger partial charge on any atom is 0.0991 e. The van der Waals surface area contributed by atoms with Crippen LogP contribution in [0.1, 0.15) is 120 Å². The van der Waals surface area contributed by atoms with Crippen LogP contribution < -0.4 is 0 Å². The zero-order chi connectivity index (χ0) is 21.7. The van der Waals surface area contributed by atoms with Gasteiger partial charge in [-0.3, -0.25) is 0 Å². The Hall–Kier alpha value is -1.62. The second-order valence-corrected chi connectivity index (χ2v) is 10.3. The Kier molecular flexibility index (Phi) is 10.6. The number of allylic oxidation sites excluding steroid dienone is 1. The molecule has 2 fully saturated rings. The maximum atomic E-state index is 11.9. The van der Waals surface area contributed by atoms with Gasteiger partial charge in [0, 0.05) is 0 Å². The van der Waals surface area contributed by atoms with Crippen LogP contribution in [0.5, 0.6) is 0 Å². The monoisotopic (exact) mass is 423 g/mol. The predicted molar refractivity (Wildman–Crippen MR) is 128 cm³/mol. The van der Waals surface area contributed by atoms with Gasteiger partial charge in [-0.05, 0) is 79.9 Å². The van der Waals surface area contributed by atoms with E-state index in [0.29, 0.717) is 12.2 Å². The van der Waals surface area contributed by atoms with Crippen LogP contribution in [-0.2, 0) is 0 Å². The number of hydrogen-bond acceptors (Lipinski definition) is 1. The molecule has 0 spiro atoms. The highest BCUT2D eigenvalue weighted by molar-refractivity contribution is 5.33. The van der Waals surface area contributed by atoms with Crippen molar-refractivity contribution in [2.45, 2.75) is 109 Å². The van der Waals surface area contributed by atoms with Crippen LogP contribution in [0.3, 0.4) is 0 Å². The largest absolute Gasteiger partial charge is 0.216 e. The lowest BCUT2D eigenvalue weighted by atomic mass is 9.74. The molecule has 0 amide bonds. The van der Waals surface area contributed by atoms with E-state index in [1.54, 1.807) is 6.08 Å². The van der Waals surface area contributed by atoms with Crippen LogP contribution in [-0.4, -0.2) is 0 Å². The molecule has 0 bridgehead atoms. The Labute approximate surface area is 190 Å². The van der Waals surface area contributed by atoms with Crippen LogP contribution in [0.4, 0.5) is 4.39 Å². The van der Waals surface area contributed by atoms with E-state index >= 15 is 0 Å². The SMILES string of the molecule is N#Cc1ccc(C2CCC(CCC3CCC(CCCCCCC=CF)CC3)CC2)cc1. The van der Waals surface area contributed by atoms with Gasteiger partial charge >= 0.3 is 0 Å². The fraction of sp³-hybridized carbons (Fsp3) is 0.690. The first-order valence-corrected chi connectivity index (χ1v) is 13.0. The average Bonchev–Trinajstić information content (AvgIpc) is 2.83. The fourth-order valence-electron chi connectivity index (χ4n) is 6.01. The fourth-order valence-corrected chi connectivity index (χ4v) is 6.01. The highest BCUT2D eigenvalue weighted by atomic mass is 19.1. The van der Waals surface area contributed by atoms with Crippen molar-refractivity contribution in [3.8, 4) is 6.07 Å². The van der Waals surface area contributed by atoms with E-state index in [2.05, 4.69) is 18.2 Å². The first-order chi connectivity index (χ1) is 15.3. The van der Waals surface area contributed by atoms with Crippen molar-refractivity contribution >= 4 is 0 Å². The van der Waals surface area contributed by atoms with E-state index in [4.69, 9.17) is 5.26 Å². The second-order valence-electron chi connectivity index (χ2n) is 10.3. The Balaban J connectivity index is 1.23. The summed E-state index contributed by atoms with van der Waals surface area (Å²) >= 11 is 0. The van der Waals surface area contributed by atoms with E-state index in [1.807, 2.05) is 12.1 Å². The number of unbranched alkanes of at least 4 members (excludes halogenated alkanes) is 4. The van der Waals surface area contributed by atoms with Gasteiger partial charge in [-0.15, -0.1) is 0 Å². The molecule has 1 aromatic carbocycles. The summed E-state index contributed by atoms with van der Waals surface area (Å²) in [6.45, 7) is 0. The number of rotatable bonds is 11. The molecule has 1 aromatic rings. The van der Waals surface area contributed by atoms with Gasteiger partial charge in [0.1, 0.15) is 0 Å². The number of benzene rings is 1. The predicted octanol–water partition coefficient (Wildman–Crippen LogP) is 9.24. The highest BCUT2D eigenvalue weighted by Crippen LogP contribution is 2.40. The van der Waals surface area contributed by atoms with E-state index in [1.165, 1.54) is 95.5 Å². The minimum Gasteiger partial charge on any atom is -0.216 e. The number of nitrogens with zero attached hydrogens (tertiary/aromatic N) is 1. The molecule has 0 unspecified atom stereocenters. The van der Waals surface area contributed by atoms with Gasteiger partial charge in [0.25, 0.3) is 0 Å². The first-order valence-electron chi connectivity index (χ1n) is 13.0. The summed E-state index contributed by atoms with van der Waals surface area (Å²) in [5.41, 5.74) is 2.21. The Bertz CT molecular complexity index is 670. The number of halogens is 1. The van der Waals surface area contributed by atoms with Crippen molar-refractivity contribution in [3.63, 3.8) is 0 Å². The van der Waals surface area contributed by atoms with Gasteiger partial charge in [-0.25, -0.2) is 4.39 Å². The normalized spacial score (nSPS) is 26.7. The molecule has 1 nitrogen and oxygen atoms in total. The van der Waals surface area contributed by atoms with E-state index in [9.17, 15) is 4.39 Å². The first kappa shape index (κ1) is 24.0. The number of hydrogen-bond donors (Lipinski definition) is 0.